The van der Waals surface area contributed by atoms with E-state index < -0.39 is 0 Å². The SMILES string of the molecule is CC1C=C(N)C(=O)NC1. The molecule has 1 rings (SSSR count). The zero-order valence-electron chi connectivity index (χ0n) is 5.35. The number of nitrogens with one attached hydrogen (secondary N) is 1. The minimum atomic E-state index is -0.145. The van der Waals surface area contributed by atoms with E-state index in [0.29, 0.717) is 18.2 Å². The Labute approximate surface area is 53.9 Å². The smallest absolute Gasteiger partial charge is 0.266 e. The Morgan fingerprint density at radius 2 is 2.56 bits per heavy atom. The standard InChI is InChI=1S/C6H10N2O/c1-4-2-5(7)6(9)8-3-4/h2,4H,3,7H2,1H3,(H,8,9). The number of carbonyl (C=O) groups excluding carboxylic acids is 1. The molecule has 0 aromatic carbocycles. The van der Waals surface area contributed by atoms with Crippen LogP contribution in [0.15, 0.2) is 11.8 Å². The zero-order valence-corrected chi connectivity index (χ0v) is 5.35. The summed E-state index contributed by atoms with van der Waals surface area (Å²) < 4.78 is 0. The quantitative estimate of drug-likeness (QED) is 0.464. The van der Waals surface area contributed by atoms with Gasteiger partial charge in [0, 0.05) is 6.54 Å². The van der Waals surface area contributed by atoms with E-state index in [9.17, 15) is 4.79 Å². The van der Waals surface area contributed by atoms with Gasteiger partial charge in [0.2, 0.25) is 0 Å². The van der Waals surface area contributed by atoms with Gasteiger partial charge < -0.3 is 11.1 Å². The van der Waals surface area contributed by atoms with E-state index in [-0.39, 0.29) is 5.91 Å². The van der Waals surface area contributed by atoms with Crippen LogP contribution in [0.1, 0.15) is 6.92 Å². The zero-order chi connectivity index (χ0) is 6.85. The number of hydrogen-bond acceptors (Lipinski definition) is 2. The molecule has 1 amide bonds. The molecule has 0 saturated heterocycles. The van der Waals surface area contributed by atoms with Gasteiger partial charge in [0.1, 0.15) is 0 Å². The van der Waals surface area contributed by atoms with Crippen LogP contribution < -0.4 is 11.1 Å². The molecule has 3 nitrogen and oxygen atoms in total. The van der Waals surface area contributed by atoms with Crippen LogP contribution in [0.4, 0.5) is 0 Å². The normalized spacial score (nSPS) is 27.0. The van der Waals surface area contributed by atoms with E-state index in [2.05, 4.69) is 5.32 Å². The predicted molar refractivity (Wildman–Crippen MR) is 34.4 cm³/mol. The lowest BCUT2D eigenvalue weighted by Gasteiger charge is -2.14. The summed E-state index contributed by atoms with van der Waals surface area (Å²) in [6, 6.07) is 0. The van der Waals surface area contributed by atoms with Gasteiger partial charge in [-0.3, -0.25) is 4.79 Å². The second-order valence-corrected chi connectivity index (χ2v) is 2.31. The van der Waals surface area contributed by atoms with Crippen molar-refractivity contribution in [2.75, 3.05) is 6.54 Å². The first-order valence-electron chi connectivity index (χ1n) is 2.95. The van der Waals surface area contributed by atoms with E-state index in [1.165, 1.54) is 0 Å². The molecule has 3 N–H and O–H groups in total. The Hall–Kier alpha value is -0.990. The largest absolute Gasteiger partial charge is 0.395 e. The molecule has 0 aromatic heterocycles. The van der Waals surface area contributed by atoms with E-state index >= 15 is 0 Å². The third-order valence-corrected chi connectivity index (χ3v) is 1.31. The van der Waals surface area contributed by atoms with Crippen molar-refractivity contribution in [1.82, 2.24) is 5.32 Å². The summed E-state index contributed by atoms with van der Waals surface area (Å²) in [4.78, 5) is 10.6. The van der Waals surface area contributed by atoms with E-state index in [1.54, 1.807) is 6.08 Å². The monoisotopic (exact) mass is 126 g/mol. The molecule has 0 fully saturated rings. The summed E-state index contributed by atoms with van der Waals surface area (Å²) in [5, 5.41) is 2.65. The lowest BCUT2D eigenvalue weighted by atomic mass is 10.1. The Morgan fingerprint density at radius 1 is 1.89 bits per heavy atom. The van der Waals surface area contributed by atoms with Crippen LogP contribution in [0, 0.1) is 5.92 Å². The van der Waals surface area contributed by atoms with Crippen molar-refractivity contribution in [3.05, 3.63) is 11.8 Å². The summed E-state index contributed by atoms with van der Waals surface area (Å²) in [5.41, 5.74) is 5.66. The Morgan fingerprint density at radius 3 is 3.00 bits per heavy atom. The summed E-state index contributed by atoms with van der Waals surface area (Å²) in [6.07, 6.45) is 1.78. The molecule has 0 aliphatic carbocycles. The maximum Gasteiger partial charge on any atom is 0.266 e. The minimum Gasteiger partial charge on any atom is -0.395 e. The van der Waals surface area contributed by atoms with Crippen LogP contribution >= 0.6 is 0 Å². The summed E-state index contributed by atoms with van der Waals surface area (Å²) in [6.45, 7) is 2.71. The third-order valence-electron chi connectivity index (χ3n) is 1.31. The van der Waals surface area contributed by atoms with E-state index in [4.69, 9.17) is 5.73 Å². The molecule has 50 valence electrons. The molecule has 0 aromatic rings. The second-order valence-electron chi connectivity index (χ2n) is 2.31. The van der Waals surface area contributed by atoms with Crippen molar-refractivity contribution in [3.63, 3.8) is 0 Å². The Bertz CT molecular complexity index is 162. The molecular weight excluding hydrogens is 116 g/mol. The average Bonchev–Trinajstić information content (AvgIpc) is 1.80. The van der Waals surface area contributed by atoms with Crippen LogP contribution in [0.2, 0.25) is 0 Å². The van der Waals surface area contributed by atoms with Gasteiger partial charge in [-0.15, -0.1) is 0 Å². The van der Waals surface area contributed by atoms with E-state index in [1.807, 2.05) is 6.92 Å². The number of nitrogens with two attached hydrogens (primary N) is 1. The lowest BCUT2D eigenvalue weighted by Crippen LogP contribution is -2.36. The van der Waals surface area contributed by atoms with Crippen LogP contribution in [-0.2, 0) is 4.79 Å². The maximum absolute atomic E-state index is 10.6. The van der Waals surface area contributed by atoms with Crippen LogP contribution in [0.5, 0.6) is 0 Å². The maximum atomic E-state index is 10.6. The fourth-order valence-electron chi connectivity index (χ4n) is 0.797. The molecule has 1 heterocycles. The number of rotatable bonds is 0. The van der Waals surface area contributed by atoms with Gasteiger partial charge in [0.25, 0.3) is 5.91 Å². The molecule has 0 bridgehead atoms. The molecule has 1 atom stereocenters. The number of amides is 1. The third kappa shape index (κ3) is 1.22. The highest BCUT2D eigenvalue weighted by molar-refractivity contribution is 5.93. The Balaban J connectivity index is 2.72. The topological polar surface area (TPSA) is 55.1 Å². The molecule has 1 unspecified atom stereocenters. The van der Waals surface area contributed by atoms with Crippen molar-refractivity contribution < 1.29 is 4.79 Å². The van der Waals surface area contributed by atoms with Crippen LogP contribution in [0.25, 0.3) is 0 Å². The van der Waals surface area contributed by atoms with Crippen molar-refractivity contribution in [2.24, 2.45) is 11.7 Å². The number of carbonyl (C=O) groups is 1. The fraction of sp³-hybridized carbons (Fsp3) is 0.500. The molecular formula is C6H10N2O. The first kappa shape index (κ1) is 6.13. The summed E-state index contributed by atoms with van der Waals surface area (Å²) in [7, 11) is 0. The molecule has 0 radical (unpaired) electrons. The summed E-state index contributed by atoms with van der Waals surface area (Å²) >= 11 is 0. The van der Waals surface area contributed by atoms with Crippen molar-refractivity contribution in [3.8, 4) is 0 Å². The van der Waals surface area contributed by atoms with Gasteiger partial charge in [-0.2, -0.15) is 0 Å². The first-order valence-corrected chi connectivity index (χ1v) is 2.95. The van der Waals surface area contributed by atoms with Crippen molar-refractivity contribution in [1.29, 1.82) is 0 Å². The molecule has 3 heteroatoms. The Kier molecular flexibility index (Phi) is 1.42. The molecule has 0 spiro atoms. The lowest BCUT2D eigenvalue weighted by molar-refractivity contribution is -0.118. The molecule has 1 aliphatic heterocycles. The van der Waals surface area contributed by atoms with Crippen LogP contribution in [0.3, 0.4) is 0 Å². The van der Waals surface area contributed by atoms with Gasteiger partial charge in [-0.1, -0.05) is 13.0 Å². The van der Waals surface area contributed by atoms with Crippen molar-refractivity contribution >= 4 is 5.91 Å². The fourth-order valence-corrected chi connectivity index (χ4v) is 0.797. The minimum absolute atomic E-state index is 0.145. The molecule has 0 saturated carbocycles. The van der Waals surface area contributed by atoms with Gasteiger partial charge in [0.05, 0.1) is 5.70 Å². The molecule has 9 heavy (non-hydrogen) atoms. The van der Waals surface area contributed by atoms with Gasteiger partial charge in [-0.05, 0) is 5.92 Å². The molecule has 1 aliphatic rings. The van der Waals surface area contributed by atoms with Gasteiger partial charge in [-0.25, -0.2) is 0 Å². The summed E-state index contributed by atoms with van der Waals surface area (Å²) in [5.74, 6) is 0.232. The highest BCUT2D eigenvalue weighted by Crippen LogP contribution is 2.02. The van der Waals surface area contributed by atoms with Gasteiger partial charge >= 0.3 is 0 Å². The van der Waals surface area contributed by atoms with Crippen LogP contribution in [-0.4, -0.2) is 12.5 Å². The number of hydrogen-bond donors (Lipinski definition) is 2. The average molecular weight is 126 g/mol. The highest BCUT2D eigenvalue weighted by atomic mass is 16.2. The van der Waals surface area contributed by atoms with Crippen molar-refractivity contribution in [2.45, 2.75) is 6.92 Å². The predicted octanol–water partition coefficient (Wildman–Crippen LogP) is -0.405. The highest BCUT2D eigenvalue weighted by Gasteiger charge is 2.12. The second kappa shape index (κ2) is 2.09. The first-order chi connectivity index (χ1) is 4.20. The van der Waals surface area contributed by atoms with Gasteiger partial charge in [0.15, 0.2) is 0 Å². The van der Waals surface area contributed by atoms with E-state index in [0.717, 1.165) is 0 Å².